The van der Waals surface area contributed by atoms with Crippen molar-refractivity contribution in [3.63, 3.8) is 0 Å². The minimum absolute atomic E-state index is 0.00278. The van der Waals surface area contributed by atoms with Crippen molar-refractivity contribution < 1.29 is 13.6 Å². The summed E-state index contributed by atoms with van der Waals surface area (Å²) in [5, 5.41) is 3.15. The fraction of sp³-hybridized carbons (Fsp3) is 0.300. The molecule has 0 radical (unpaired) electrons. The van der Waals surface area contributed by atoms with Crippen LogP contribution in [0.5, 0.6) is 0 Å². The van der Waals surface area contributed by atoms with Gasteiger partial charge in [0.25, 0.3) is 11.5 Å². The zero-order valence-corrected chi connectivity index (χ0v) is 15.0. The molecule has 0 saturated carbocycles. The number of benzene rings is 1. The lowest BCUT2D eigenvalue weighted by Crippen LogP contribution is -2.33. The number of aromatic nitrogens is 1. The van der Waals surface area contributed by atoms with E-state index in [1.807, 2.05) is 13.8 Å². The van der Waals surface area contributed by atoms with E-state index in [0.29, 0.717) is 11.3 Å². The molecule has 0 aliphatic carbocycles. The molecule has 3 aromatic rings. The summed E-state index contributed by atoms with van der Waals surface area (Å²) < 4.78 is 20.2. The van der Waals surface area contributed by atoms with E-state index in [4.69, 9.17) is 4.42 Å². The number of halogens is 1. The van der Waals surface area contributed by atoms with Crippen molar-refractivity contribution in [2.24, 2.45) is 0 Å². The van der Waals surface area contributed by atoms with Crippen molar-refractivity contribution >= 4 is 16.9 Å². The van der Waals surface area contributed by atoms with Gasteiger partial charge in [0.2, 0.25) is 0 Å². The maximum atomic E-state index is 13.1. The first-order valence-corrected chi connectivity index (χ1v) is 8.58. The third-order valence-corrected chi connectivity index (χ3v) is 4.48. The maximum absolute atomic E-state index is 13.1. The van der Waals surface area contributed by atoms with Gasteiger partial charge in [-0.2, -0.15) is 0 Å². The number of hydrogen-bond donors (Lipinski definition) is 1. The van der Waals surface area contributed by atoms with Crippen LogP contribution in [0.3, 0.4) is 0 Å². The highest BCUT2D eigenvalue weighted by atomic mass is 19.1. The summed E-state index contributed by atoms with van der Waals surface area (Å²) in [7, 11) is 0. The number of pyridine rings is 1. The van der Waals surface area contributed by atoms with Gasteiger partial charge in [-0.3, -0.25) is 9.59 Å². The number of amides is 1. The molecule has 0 saturated heterocycles. The number of rotatable bonds is 5. The molecule has 3 rings (SSSR count). The molecule has 2 heterocycles. The number of fused-ring (bicyclic) bond motifs is 1. The molecule has 26 heavy (non-hydrogen) atoms. The van der Waals surface area contributed by atoms with Gasteiger partial charge in [-0.25, -0.2) is 4.39 Å². The average molecular weight is 356 g/mol. The molecule has 1 aromatic carbocycles. The molecule has 0 bridgehead atoms. The predicted molar refractivity (Wildman–Crippen MR) is 97.9 cm³/mol. The van der Waals surface area contributed by atoms with Crippen LogP contribution in [0.1, 0.15) is 41.9 Å². The van der Waals surface area contributed by atoms with Crippen LogP contribution >= 0.6 is 0 Å². The van der Waals surface area contributed by atoms with E-state index in [9.17, 15) is 14.0 Å². The Balaban J connectivity index is 2.04. The van der Waals surface area contributed by atoms with E-state index in [0.717, 1.165) is 12.0 Å². The number of carbonyl (C=O) groups is 1. The fourth-order valence-corrected chi connectivity index (χ4v) is 2.85. The molecule has 0 aliphatic heterocycles. The molecular formula is C20H21FN2O3. The summed E-state index contributed by atoms with van der Waals surface area (Å²) in [6.45, 7) is 5.84. The van der Waals surface area contributed by atoms with Gasteiger partial charge in [0.15, 0.2) is 0 Å². The van der Waals surface area contributed by atoms with Crippen LogP contribution < -0.4 is 10.9 Å². The normalized spacial score (nSPS) is 12.3. The summed E-state index contributed by atoms with van der Waals surface area (Å²) in [5.41, 5.74) is 1.15. The van der Waals surface area contributed by atoms with Crippen LogP contribution in [0.15, 0.2) is 45.7 Å². The number of nitrogens with zero attached hydrogens (tertiary/aromatic N) is 1. The van der Waals surface area contributed by atoms with E-state index in [2.05, 4.69) is 5.32 Å². The van der Waals surface area contributed by atoms with E-state index in [-0.39, 0.29) is 40.8 Å². The fourth-order valence-electron chi connectivity index (χ4n) is 2.85. The van der Waals surface area contributed by atoms with Crippen molar-refractivity contribution in [2.75, 3.05) is 0 Å². The summed E-state index contributed by atoms with van der Waals surface area (Å²) in [5.74, 6) is -0.226. The topological polar surface area (TPSA) is 64.2 Å². The van der Waals surface area contributed by atoms with E-state index in [1.54, 1.807) is 31.3 Å². The molecule has 1 N–H and O–H groups in total. The molecule has 0 spiro atoms. The van der Waals surface area contributed by atoms with Crippen LogP contribution in [0.4, 0.5) is 4.39 Å². The molecule has 0 fully saturated rings. The molecule has 0 aliphatic rings. The summed E-state index contributed by atoms with van der Waals surface area (Å²) >= 11 is 0. The van der Waals surface area contributed by atoms with Gasteiger partial charge in [-0.1, -0.05) is 19.1 Å². The largest absolute Gasteiger partial charge is 0.460 e. The van der Waals surface area contributed by atoms with Crippen molar-refractivity contribution in [3.05, 3.63) is 69.6 Å². The molecular weight excluding hydrogens is 335 g/mol. The first-order chi connectivity index (χ1) is 12.4. The molecule has 5 nitrogen and oxygen atoms in total. The van der Waals surface area contributed by atoms with Crippen molar-refractivity contribution in [1.29, 1.82) is 0 Å². The molecule has 0 unspecified atom stereocenters. The van der Waals surface area contributed by atoms with Crippen LogP contribution in [0.2, 0.25) is 0 Å². The first-order valence-electron chi connectivity index (χ1n) is 8.58. The second kappa shape index (κ2) is 7.15. The van der Waals surface area contributed by atoms with E-state index >= 15 is 0 Å². The molecule has 136 valence electrons. The van der Waals surface area contributed by atoms with Gasteiger partial charge in [0.05, 0.1) is 17.5 Å². The van der Waals surface area contributed by atoms with Crippen LogP contribution in [0.25, 0.3) is 11.0 Å². The summed E-state index contributed by atoms with van der Waals surface area (Å²) in [4.78, 5) is 25.6. The second-order valence-electron chi connectivity index (χ2n) is 6.43. The minimum atomic E-state index is -0.328. The van der Waals surface area contributed by atoms with Crippen LogP contribution in [0, 0.1) is 12.7 Å². The Kier molecular flexibility index (Phi) is 4.93. The van der Waals surface area contributed by atoms with Gasteiger partial charge < -0.3 is 14.3 Å². The Labute approximate surface area is 150 Å². The molecule has 2 aromatic heterocycles. The quantitative estimate of drug-likeness (QED) is 0.759. The Bertz CT molecular complexity index is 1000. The highest BCUT2D eigenvalue weighted by Gasteiger charge is 2.22. The third-order valence-electron chi connectivity index (χ3n) is 4.48. The van der Waals surface area contributed by atoms with E-state index in [1.165, 1.54) is 16.7 Å². The van der Waals surface area contributed by atoms with Gasteiger partial charge >= 0.3 is 0 Å². The zero-order chi connectivity index (χ0) is 18.8. The Hall–Kier alpha value is -2.89. The number of nitrogens with one attached hydrogen (secondary N) is 1. The number of furan rings is 1. The second-order valence-corrected chi connectivity index (χ2v) is 6.43. The molecule has 1 atom stereocenters. The summed E-state index contributed by atoms with van der Waals surface area (Å²) in [6, 6.07) is 7.63. The third kappa shape index (κ3) is 3.40. The number of hydrogen-bond acceptors (Lipinski definition) is 3. The monoisotopic (exact) mass is 356 g/mol. The maximum Gasteiger partial charge on any atom is 0.262 e. The average Bonchev–Trinajstić information content (AvgIpc) is 2.96. The zero-order valence-electron chi connectivity index (χ0n) is 15.0. The number of carbonyl (C=O) groups excluding carboxylic acids is 1. The summed E-state index contributed by atoms with van der Waals surface area (Å²) in [6.07, 6.45) is 2.41. The van der Waals surface area contributed by atoms with Gasteiger partial charge in [-0.15, -0.1) is 0 Å². The smallest absolute Gasteiger partial charge is 0.262 e. The van der Waals surface area contributed by atoms with Gasteiger partial charge in [-0.05, 0) is 44.0 Å². The van der Waals surface area contributed by atoms with Gasteiger partial charge in [0.1, 0.15) is 17.2 Å². The molecule has 1 amide bonds. The highest BCUT2D eigenvalue weighted by Crippen LogP contribution is 2.23. The number of aryl methyl sites for hydroxylation is 1. The lowest BCUT2D eigenvalue weighted by molar-refractivity contribution is 0.0939. The van der Waals surface area contributed by atoms with Crippen molar-refractivity contribution in [1.82, 2.24) is 9.88 Å². The van der Waals surface area contributed by atoms with Crippen LogP contribution in [-0.4, -0.2) is 16.5 Å². The lowest BCUT2D eigenvalue weighted by atomic mass is 10.1. The Morgan fingerprint density at radius 3 is 2.62 bits per heavy atom. The lowest BCUT2D eigenvalue weighted by Gasteiger charge is -2.11. The van der Waals surface area contributed by atoms with Gasteiger partial charge in [0, 0.05) is 12.2 Å². The first kappa shape index (κ1) is 17.9. The minimum Gasteiger partial charge on any atom is -0.460 e. The predicted octanol–water partition coefficient (Wildman–Crippen LogP) is 3.62. The molecule has 6 heteroatoms. The van der Waals surface area contributed by atoms with Crippen LogP contribution in [-0.2, 0) is 6.54 Å². The highest BCUT2D eigenvalue weighted by molar-refractivity contribution is 6.07. The Morgan fingerprint density at radius 1 is 1.27 bits per heavy atom. The Morgan fingerprint density at radius 2 is 1.96 bits per heavy atom. The van der Waals surface area contributed by atoms with Crippen molar-refractivity contribution in [3.8, 4) is 0 Å². The standard InChI is InChI=1S/C20H21FN2O3/c1-4-12(2)22-19(24)17-13(3)26-16-9-10-23(20(25)18(16)17)11-14-5-7-15(21)8-6-14/h5-10,12H,4,11H2,1-3H3,(H,22,24)/t12-/m0/s1. The SMILES string of the molecule is CC[C@H](C)NC(=O)c1c(C)oc2ccn(Cc3ccc(F)cc3)c(=O)c12. The van der Waals surface area contributed by atoms with E-state index < -0.39 is 0 Å². The van der Waals surface area contributed by atoms with Crippen molar-refractivity contribution in [2.45, 2.75) is 39.8 Å².